The van der Waals surface area contributed by atoms with Gasteiger partial charge in [-0.3, -0.25) is 4.79 Å². The summed E-state index contributed by atoms with van der Waals surface area (Å²) in [4.78, 5) is 11.9. The summed E-state index contributed by atoms with van der Waals surface area (Å²) in [6.45, 7) is 1.77. The average Bonchev–Trinajstić information content (AvgIpc) is 3.00. The van der Waals surface area contributed by atoms with Crippen molar-refractivity contribution in [3.63, 3.8) is 0 Å². The molecule has 0 unspecified atom stereocenters. The van der Waals surface area contributed by atoms with Gasteiger partial charge in [-0.05, 0) is 56.4 Å². The molecule has 1 aromatic carbocycles. The van der Waals surface area contributed by atoms with Crippen LogP contribution in [0.25, 0.3) is 0 Å². The monoisotopic (exact) mass is 402 g/mol. The van der Waals surface area contributed by atoms with Gasteiger partial charge in [-0.1, -0.05) is 15.9 Å². The number of halogens is 2. The minimum atomic E-state index is -0.203. The van der Waals surface area contributed by atoms with Gasteiger partial charge in [0.25, 0.3) is 5.91 Å². The third kappa shape index (κ3) is 6.64. The molecule has 23 heavy (non-hydrogen) atoms. The van der Waals surface area contributed by atoms with E-state index in [4.69, 9.17) is 9.15 Å². The second-order valence-corrected chi connectivity index (χ2v) is 5.64. The minimum Gasteiger partial charge on any atom is -0.486 e. The first-order valence-corrected chi connectivity index (χ1v) is 7.88. The van der Waals surface area contributed by atoms with Crippen molar-refractivity contribution in [2.75, 3.05) is 20.1 Å². The Morgan fingerprint density at radius 2 is 1.91 bits per heavy atom. The minimum absolute atomic E-state index is 0. The highest BCUT2D eigenvalue weighted by Gasteiger charge is 2.10. The van der Waals surface area contributed by atoms with Crippen LogP contribution in [0.3, 0.4) is 0 Å². The van der Waals surface area contributed by atoms with Crippen LogP contribution in [-0.2, 0) is 6.61 Å². The lowest BCUT2D eigenvalue weighted by Crippen LogP contribution is -2.26. The van der Waals surface area contributed by atoms with Crippen molar-refractivity contribution < 1.29 is 13.9 Å². The lowest BCUT2D eigenvalue weighted by atomic mass is 10.3. The number of benzene rings is 1. The van der Waals surface area contributed by atoms with Crippen LogP contribution in [0.4, 0.5) is 0 Å². The lowest BCUT2D eigenvalue weighted by molar-refractivity contribution is 0.0921. The Hall–Kier alpha value is -1.50. The number of ether oxygens (including phenoxy) is 1. The van der Waals surface area contributed by atoms with Crippen LogP contribution in [-0.4, -0.2) is 26.0 Å². The highest BCUT2D eigenvalue weighted by atomic mass is 79.9. The topological polar surface area (TPSA) is 63.5 Å². The second kappa shape index (κ2) is 10.3. The fraction of sp³-hybridized carbons (Fsp3) is 0.312. The first-order chi connectivity index (χ1) is 10.7. The zero-order valence-electron chi connectivity index (χ0n) is 12.8. The van der Waals surface area contributed by atoms with Gasteiger partial charge in [0.1, 0.15) is 18.1 Å². The van der Waals surface area contributed by atoms with Gasteiger partial charge in [-0.25, -0.2) is 0 Å². The number of carbonyl (C=O) groups is 1. The molecule has 0 aliphatic heterocycles. The predicted octanol–water partition coefficient (Wildman–Crippen LogP) is 3.38. The Kier molecular flexibility index (Phi) is 8.76. The molecule has 0 spiro atoms. The molecule has 1 heterocycles. The highest BCUT2D eigenvalue weighted by Crippen LogP contribution is 2.18. The normalized spacial score (nSPS) is 10.0. The van der Waals surface area contributed by atoms with Crippen molar-refractivity contribution in [2.24, 2.45) is 0 Å². The Morgan fingerprint density at radius 3 is 2.61 bits per heavy atom. The van der Waals surface area contributed by atoms with E-state index in [1.165, 1.54) is 0 Å². The summed E-state index contributed by atoms with van der Waals surface area (Å²) in [6.07, 6.45) is 0.877. The molecular formula is C16H20BrClN2O3. The van der Waals surface area contributed by atoms with Crippen LogP contribution in [0.5, 0.6) is 5.75 Å². The Morgan fingerprint density at radius 1 is 1.17 bits per heavy atom. The molecule has 0 atom stereocenters. The van der Waals surface area contributed by atoms with Gasteiger partial charge in [0.2, 0.25) is 0 Å². The molecular weight excluding hydrogens is 384 g/mol. The summed E-state index contributed by atoms with van der Waals surface area (Å²) < 4.78 is 12.1. The van der Waals surface area contributed by atoms with Crippen molar-refractivity contribution in [1.29, 1.82) is 0 Å². The average molecular weight is 404 g/mol. The molecule has 1 aromatic heterocycles. The van der Waals surface area contributed by atoms with E-state index in [0.29, 0.717) is 18.1 Å². The molecule has 0 bridgehead atoms. The first kappa shape index (κ1) is 19.5. The smallest absolute Gasteiger partial charge is 0.286 e. The number of carbonyl (C=O) groups excluding carboxylic acids is 1. The van der Waals surface area contributed by atoms with Gasteiger partial charge in [0.05, 0.1) is 0 Å². The largest absolute Gasteiger partial charge is 0.486 e. The summed E-state index contributed by atoms with van der Waals surface area (Å²) in [5.74, 6) is 1.46. The van der Waals surface area contributed by atoms with E-state index < -0.39 is 0 Å². The predicted molar refractivity (Wildman–Crippen MR) is 95.3 cm³/mol. The van der Waals surface area contributed by atoms with E-state index >= 15 is 0 Å². The zero-order chi connectivity index (χ0) is 15.8. The molecule has 5 nitrogen and oxygen atoms in total. The van der Waals surface area contributed by atoms with E-state index in [-0.39, 0.29) is 24.9 Å². The summed E-state index contributed by atoms with van der Waals surface area (Å²) in [5.41, 5.74) is 0. The van der Waals surface area contributed by atoms with Crippen LogP contribution in [0.1, 0.15) is 22.7 Å². The number of amides is 1. The number of nitrogens with one attached hydrogen (secondary N) is 2. The number of hydrogen-bond donors (Lipinski definition) is 2. The van der Waals surface area contributed by atoms with Gasteiger partial charge in [-0.2, -0.15) is 0 Å². The fourth-order valence-corrected chi connectivity index (χ4v) is 2.08. The number of hydrogen-bond acceptors (Lipinski definition) is 4. The van der Waals surface area contributed by atoms with E-state index in [9.17, 15) is 4.79 Å². The van der Waals surface area contributed by atoms with E-state index in [1.54, 1.807) is 12.1 Å². The summed E-state index contributed by atoms with van der Waals surface area (Å²) in [6, 6.07) is 10.9. The van der Waals surface area contributed by atoms with Crippen molar-refractivity contribution in [3.8, 4) is 5.75 Å². The zero-order valence-corrected chi connectivity index (χ0v) is 15.2. The van der Waals surface area contributed by atoms with Crippen LogP contribution >= 0.6 is 28.3 Å². The molecule has 0 aliphatic carbocycles. The van der Waals surface area contributed by atoms with Crippen molar-refractivity contribution in [3.05, 3.63) is 52.4 Å². The molecule has 126 valence electrons. The van der Waals surface area contributed by atoms with Crippen molar-refractivity contribution in [1.82, 2.24) is 10.6 Å². The van der Waals surface area contributed by atoms with Gasteiger partial charge in [0, 0.05) is 11.0 Å². The fourth-order valence-electron chi connectivity index (χ4n) is 1.82. The molecule has 0 saturated heterocycles. The molecule has 1 amide bonds. The lowest BCUT2D eigenvalue weighted by Gasteiger charge is -2.04. The van der Waals surface area contributed by atoms with E-state index in [1.807, 2.05) is 31.3 Å². The Labute approximate surface area is 150 Å². The van der Waals surface area contributed by atoms with Gasteiger partial charge < -0.3 is 19.8 Å². The van der Waals surface area contributed by atoms with Crippen molar-refractivity contribution in [2.45, 2.75) is 13.0 Å². The third-order valence-electron chi connectivity index (χ3n) is 2.97. The maximum atomic E-state index is 11.9. The number of rotatable bonds is 8. The Bertz CT molecular complexity index is 602. The molecule has 2 rings (SSSR count). The van der Waals surface area contributed by atoms with Crippen LogP contribution in [0, 0.1) is 0 Å². The summed E-state index contributed by atoms with van der Waals surface area (Å²) in [7, 11) is 1.88. The number of furan rings is 1. The first-order valence-electron chi connectivity index (χ1n) is 7.09. The molecule has 2 N–H and O–H groups in total. The summed E-state index contributed by atoms with van der Waals surface area (Å²) in [5, 5.41) is 5.84. The van der Waals surface area contributed by atoms with E-state index in [0.717, 1.165) is 23.2 Å². The molecule has 0 fully saturated rings. The molecule has 7 heteroatoms. The van der Waals surface area contributed by atoms with E-state index in [2.05, 4.69) is 26.6 Å². The second-order valence-electron chi connectivity index (χ2n) is 4.72. The molecule has 2 aromatic rings. The maximum absolute atomic E-state index is 11.9. The van der Waals surface area contributed by atoms with Gasteiger partial charge >= 0.3 is 0 Å². The summed E-state index contributed by atoms with van der Waals surface area (Å²) >= 11 is 3.37. The molecule has 0 radical (unpaired) electrons. The standard InChI is InChI=1S/C16H19BrN2O3.ClH/c1-18-9-2-10-19-16(20)15-8-7-14(22-15)11-21-13-5-3-12(17)4-6-13;/h3-8,18H,2,9-11H2,1H3,(H,19,20);1H. The Balaban J connectivity index is 0.00000264. The van der Waals surface area contributed by atoms with Gasteiger partial charge in [0.15, 0.2) is 5.76 Å². The highest BCUT2D eigenvalue weighted by molar-refractivity contribution is 9.10. The van der Waals surface area contributed by atoms with Crippen molar-refractivity contribution >= 4 is 34.2 Å². The quantitative estimate of drug-likeness (QED) is 0.663. The van der Waals surface area contributed by atoms with Crippen LogP contribution < -0.4 is 15.4 Å². The SMILES string of the molecule is CNCCCNC(=O)c1ccc(COc2ccc(Br)cc2)o1.Cl. The third-order valence-corrected chi connectivity index (χ3v) is 3.50. The van der Waals surface area contributed by atoms with Crippen LogP contribution in [0.2, 0.25) is 0 Å². The van der Waals surface area contributed by atoms with Crippen LogP contribution in [0.15, 0.2) is 45.3 Å². The molecule has 0 aliphatic rings. The van der Waals surface area contributed by atoms with Gasteiger partial charge in [-0.15, -0.1) is 12.4 Å². The molecule has 0 saturated carbocycles. The maximum Gasteiger partial charge on any atom is 0.286 e.